The van der Waals surface area contributed by atoms with Crippen LogP contribution < -0.4 is 16.0 Å². The molecule has 3 fully saturated rings. The summed E-state index contributed by atoms with van der Waals surface area (Å²) in [5, 5.41) is 54.5. The Morgan fingerprint density at radius 2 is 1.73 bits per heavy atom. The zero-order chi connectivity index (χ0) is 27.2. The highest BCUT2D eigenvalue weighted by Crippen LogP contribution is 2.45. The van der Waals surface area contributed by atoms with Gasteiger partial charge in [0.05, 0.1) is 17.7 Å². The van der Waals surface area contributed by atoms with E-state index >= 15 is 0 Å². The molecule has 37 heavy (non-hydrogen) atoms. The van der Waals surface area contributed by atoms with Gasteiger partial charge >= 0.3 is 6.18 Å². The molecular weight excluding hydrogens is 501 g/mol. The summed E-state index contributed by atoms with van der Waals surface area (Å²) in [6.45, 7) is 1.82. The normalized spacial score (nSPS) is 40.8. The molecule has 7 N–H and O–H groups in total. The average molecular weight is 537 g/mol. The number of piperidine rings is 1. The third kappa shape index (κ3) is 5.25. The Hall–Kier alpha value is -1.43. The van der Waals surface area contributed by atoms with Crippen LogP contribution in [0.2, 0.25) is 0 Å². The maximum absolute atomic E-state index is 12.8. The van der Waals surface area contributed by atoms with Gasteiger partial charge in [0.15, 0.2) is 6.23 Å². The molecule has 0 bridgehead atoms. The second-order valence-electron chi connectivity index (χ2n) is 9.84. The van der Waals surface area contributed by atoms with Gasteiger partial charge in [-0.05, 0) is 51.7 Å². The summed E-state index contributed by atoms with van der Waals surface area (Å²) in [4.78, 5) is 5.88. The van der Waals surface area contributed by atoms with Crippen molar-refractivity contribution in [2.24, 2.45) is 0 Å². The molecule has 3 saturated heterocycles. The smallest absolute Gasteiger partial charge is 0.388 e. The first-order valence-electron chi connectivity index (χ1n) is 12.2. The third-order valence-corrected chi connectivity index (χ3v) is 7.27. The van der Waals surface area contributed by atoms with Crippen LogP contribution in [0, 0.1) is 0 Å². The summed E-state index contributed by atoms with van der Waals surface area (Å²) >= 11 is 0. The first kappa shape index (κ1) is 28.6. The zero-order valence-corrected chi connectivity index (χ0v) is 20.8. The Balaban J connectivity index is 1.46. The van der Waals surface area contributed by atoms with Gasteiger partial charge in [-0.3, -0.25) is 4.84 Å². The zero-order valence-electron chi connectivity index (χ0n) is 20.8. The standard InChI is InChI=1S/C23H35F3N4O7/c1-12-10-21(33,11-29-9-8-13-4-6-14(7-5-13)23(24,25)26)22(34)20(35-12)36-19-17(32)15(27-2)16(31)18(28-3)30(19)37-22/h4-7,12,15-20,27-29,31-34H,8-11H2,1-3H3/t12-,15-,16+,17+,18-,19?,20+,21-,22-/m1/s1. The fourth-order valence-corrected chi connectivity index (χ4v) is 5.24. The third-order valence-electron chi connectivity index (χ3n) is 7.27. The Bertz CT molecular complexity index is 929. The van der Waals surface area contributed by atoms with E-state index in [1.54, 1.807) is 21.0 Å². The molecular formula is C23H35F3N4O7. The summed E-state index contributed by atoms with van der Waals surface area (Å²) < 4.78 is 50.0. The molecule has 3 aliphatic rings. The van der Waals surface area contributed by atoms with Gasteiger partial charge in [0.25, 0.3) is 5.79 Å². The fraction of sp³-hybridized carbons (Fsp3) is 0.739. The van der Waals surface area contributed by atoms with Crippen molar-refractivity contribution in [3.8, 4) is 0 Å². The first-order chi connectivity index (χ1) is 17.3. The molecule has 1 aromatic carbocycles. The molecule has 0 amide bonds. The molecule has 0 spiro atoms. The fourth-order valence-electron chi connectivity index (χ4n) is 5.24. The molecule has 0 aliphatic carbocycles. The minimum Gasteiger partial charge on any atom is -0.388 e. The minimum atomic E-state index is -4.41. The van der Waals surface area contributed by atoms with E-state index in [9.17, 15) is 33.6 Å². The van der Waals surface area contributed by atoms with E-state index in [1.165, 1.54) is 12.1 Å². The van der Waals surface area contributed by atoms with Gasteiger partial charge in [-0.25, -0.2) is 0 Å². The monoisotopic (exact) mass is 536 g/mol. The van der Waals surface area contributed by atoms with Crippen LogP contribution in [0.5, 0.6) is 0 Å². The number of alkyl halides is 3. The first-order valence-corrected chi connectivity index (χ1v) is 12.2. The Morgan fingerprint density at radius 1 is 1.05 bits per heavy atom. The lowest BCUT2D eigenvalue weighted by molar-refractivity contribution is -0.550. The highest BCUT2D eigenvalue weighted by Gasteiger charge is 2.68. The van der Waals surface area contributed by atoms with Crippen molar-refractivity contribution in [3.05, 3.63) is 35.4 Å². The van der Waals surface area contributed by atoms with E-state index < -0.39 is 66.2 Å². The number of halogens is 3. The maximum atomic E-state index is 12.8. The number of hydrogen-bond acceptors (Lipinski definition) is 11. The van der Waals surface area contributed by atoms with E-state index in [0.29, 0.717) is 12.0 Å². The minimum absolute atomic E-state index is 0.0381. The van der Waals surface area contributed by atoms with E-state index in [0.717, 1.165) is 17.2 Å². The number of rotatable bonds is 7. The van der Waals surface area contributed by atoms with Gasteiger partial charge in [0.1, 0.15) is 24.0 Å². The van der Waals surface area contributed by atoms with Crippen molar-refractivity contribution in [2.75, 3.05) is 27.2 Å². The number of ether oxygens (including phenoxy) is 2. The van der Waals surface area contributed by atoms with Crippen LogP contribution in [-0.2, 0) is 26.9 Å². The quantitative estimate of drug-likeness (QED) is 0.212. The van der Waals surface area contributed by atoms with Crippen LogP contribution in [0.15, 0.2) is 24.3 Å². The van der Waals surface area contributed by atoms with E-state index in [1.807, 2.05) is 0 Å². The number of likely N-dealkylation sites (N-methyl/N-ethyl adjacent to an activating group) is 2. The predicted octanol–water partition coefficient (Wildman–Crippen LogP) is -1.15. The summed E-state index contributed by atoms with van der Waals surface area (Å²) in [5.41, 5.74) is -1.99. The predicted molar refractivity (Wildman–Crippen MR) is 122 cm³/mol. The second-order valence-corrected chi connectivity index (χ2v) is 9.84. The number of hydroxylamine groups is 2. The number of aliphatic hydroxyl groups is 4. The molecule has 9 atom stereocenters. The van der Waals surface area contributed by atoms with Crippen LogP contribution >= 0.6 is 0 Å². The van der Waals surface area contributed by atoms with Gasteiger partial charge in [0.2, 0.25) is 6.29 Å². The summed E-state index contributed by atoms with van der Waals surface area (Å²) in [6, 6.07) is 4.03. The number of nitrogens with zero attached hydrogens (tertiary/aromatic N) is 1. The van der Waals surface area contributed by atoms with Crippen LogP contribution in [0.3, 0.4) is 0 Å². The summed E-state index contributed by atoms with van der Waals surface area (Å²) in [5.74, 6) is -2.40. The lowest BCUT2D eigenvalue weighted by atomic mass is 9.83. The van der Waals surface area contributed by atoms with Crippen LogP contribution in [0.1, 0.15) is 24.5 Å². The lowest BCUT2D eigenvalue weighted by Crippen LogP contribution is -2.82. The van der Waals surface area contributed by atoms with Crippen molar-refractivity contribution in [3.63, 3.8) is 0 Å². The molecule has 1 unspecified atom stereocenters. The Kier molecular flexibility index (Phi) is 8.20. The average Bonchev–Trinajstić information content (AvgIpc) is 2.82. The number of hydrogen-bond donors (Lipinski definition) is 7. The van der Waals surface area contributed by atoms with Crippen molar-refractivity contribution in [1.82, 2.24) is 21.0 Å². The molecule has 4 rings (SSSR count). The van der Waals surface area contributed by atoms with Gasteiger partial charge in [-0.2, -0.15) is 13.2 Å². The SMILES string of the molecule is CN[C@@H]1[C@H](O)[C@H](NC)N2O[C@]3(O)[C@H](OC2[C@H]1O)O[C@H](C)C[C@@]3(O)CNCCc1ccc(C(F)(F)F)cc1. The molecule has 14 heteroatoms. The van der Waals surface area contributed by atoms with Crippen LogP contribution in [0.4, 0.5) is 13.2 Å². The highest BCUT2D eigenvalue weighted by molar-refractivity contribution is 5.24. The van der Waals surface area contributed by atoms with Crippen LogP contribution in [-0.4, -0.2) is 107 Å². The Labute approximate surface area is 212 Å². The topological polar surface area (TPSA) is 148 Å². The molecule has 3 aliphatic heterocycles. The number of fused-ring (bicyclic) bond motifs is 2. The summed E-state index contributed by atoms with van der Waals surface area (Å²) in [7, 11) is 3.14. The molecule has 0 saturated carbocycles. The molecule has 11 nitrogen and oxygen atoms in total. The van der Waals surface area contributed by atoms with Crippen molar-refractivity contribution in [2.45, 2.75) is 80.4 Å². The maximum Gasteiger partial charge on any atom is 0.416 e. The van der Waals surface area contributed by atoms with E-state index in [4.69, 9.17) is 14.3 Å². The Morgan fingerprint density at radius 3 is 2.32 bits per heavy atom. The number of benzene rings is 1. The molecule has 1 aromatic rings. The van der Waals surface area contributed by atoms with Crippen LogP contribution in [0.25, 0.3) is 0 Å². The van der Waals surface area contributed by atoms with Crippen molar-refractivity contribution >= 4 is 0 Å². The van der Waals surface area contributed by atoms with Gasteiger partial charge in [-0.15, -0.1) is 5.06 Å². The lowest BCUT2D eigenvalue weighted by Gasteiger charge is -2.60. The number of aliphatic hydroxyl groups excluding tert-OH is 2. The summed E-state index contributed by atoms with van der Waals surface area (Å²) in [6.07, 6.45) is -10.5. The second kappa shape index (κ2) is 10.6. The molecule has 0 aromatic heterocycles. The van der Waals surface area contributed by atoms with Gasteiger partial charge in [-0.1, -0.05) is 12.1 Å². The van der Waals surface area contributed by atoms with Gasteiger partial charge in [0, 0.05) is 13.0 Å². The largest absolute Gasteiger partial charge is 0.416 e. The molecule has 3 heterocycles. The van der Waals surface area contributed by atoms with Gasteiger partial charge < -0.3 is 45.9 Å². The number of nitrogens with one attached hydrogen (secondary N) is 3. The molecule has 210 valence electrons. The van der Waals surface area contributed by atoms with E-state index in [2.05, 4.69) is 16.0 Å². The molecule has 0 radical (unpaired) electrons. The highest BCUT2D eigenvalue weighted by atomic mass is 19.4. The van der Waals surface area contributed by atoms with Crippen molar-refractivity contribution < 1.29 is 47.9 Å². The van der Waals surface area contributed by atoms with E-state index in [-0.39, 0.29) is 19.5 Å². The van der Waals surface area contributed by atoms with Crippen molar-refractivity contribution in [1.29, 1.82) is 0 Å².